The largest absolute Gasteiger partial charge is 0.444 e. The first-order valence-corrected chi connectivity index (χ1v) is 14.5. The van der Waals surface area contributed by atoms with Gasteiger partial charge >= 0.3 is 6.09 Å². The van der Waals surface area contributed by atoms with E-state index >= 15 is 0 Å². The van der Waals surface area contributed by atoms with Gasteiger partial charge in [0.15, 0.2) is 8.32 Å². The minimum atomic E-state index is -2.03. The Hall–Kier alpha value is -0.853. The molecule has 0 fully saturated rings. The SMILES string of the molecule is CCCCC1=C[C@H](C)[C@H](O[Si](C)(C)C(C)(C)C)[C@H](C)[C@@H](NC(=O)OC(C)(C)C)[C@H]1O. The van der Waals surface area contributed by atoms with Crippen molar-refractivity contribution < 1.29 is 19.1 Å². The molecule has 30 heavy (non-hydrogen) atoms. The van der Waals surface area contributed by atoms with Gasteiger partial charge in [0.1, 0.15) is 5.60 Å². The minimum Gasteiger partial charge on any atom is -0.444 e. The third-order valence-corrected chi connectivity index (χ3v) is 11.0. The van der Waals surface area contributed by atoms with E-state index in [2.05, 4.69) is 66.0 Å². The van der Waals surface area contributed by atoms with Gasteiger partial charge in [-0.25, -0.2) is 4.79 Å². The Bertz CT molecular complexity index is 603. The number of unbranched alkanes of at least 4 members (excludes halogenated alkanes) is 1. The second-order valence-electron chi connectivity index (χ2n) is 11.5. The normalized spacial score (nSPS) is 28.5. The highest BCUT2D eigenvalue weighted by Crippen LogP contribution is 2.41. The van der Waals surface area contributed by atoms with Gasteiger partial charge in [-0.1, -0.05) is 54.0 Å². The van der Waals surface area contributed by atoms with Gasteiger partial charge in [-0.3, -0.25) is 0 Å². The zero-order valence-electron chi connectivity index (χ0n) is 21.3. The Morgan fingerprint density at radius 2 is 1.73 bits per heavy atom. The van der Waals surface area contributed by atoms with E-state index in [4.69, 9.17) is 9.16 Å². The number of ether oxygens (including phenoxy) is 1. The van der Waals surface area contributed by atoms with Gasteiger partial charge in [0.05, 0.1) is 18.2 Å². The predicted octanol–water partition coefficient (Wildman–Crippen LogP) is 6.03. The molecule has 6 heteroatoms. The fraction of sp³-hybridized carbons (Fsp3) is 0.875. The fourth-order valence-electron chi connectivity index (χ4n) is 3.73. The quantitative estimate of drug-likeness (QED) is 0.390. The molecular weight excluding hydrogens is 394 g/mol. The number of aliphatic hydroxyl groups excluding tert-OH is 1. The van der Waals surface area contributed by atoms with Crippen molar-refractivity contribution in [2.75, 3.05) is 0 Å². The molecule has 0 radical (unpaired) electrons. The van der Waals surface area contributed by atoms with Crippen LogP contribution in [0, 0.1) is 11.8 Å². The van der Waals surface area contributed by atoms with Gasteiger partial charge in [-0.2, -0.15) is 0 Å². The maximum Gasteiger partial charge on any atom is 0.407 e. The zero-order chi connectivity index (χ0) is 23.5. The van der Waals surface area contributed by atoms with E-state index in [1.807, 2.05) is 20.8 Å². The molecule has 0 aliphatic heterocycles. The van der Waals surface area contributed by atoms with Crippen molar-refractivity contribution in [2.45, 2.75) is 124 Å². The summed E-state index contributed by atoms with van der Waals surface area (Å²) in [6.45, 7) is 23.1. The molecule has 176 valence electrons. The third-order valence-electron chi connectivity index (χ3n) is 6.54. The first kappa shape index (κ1) is 27.2. The monoisotopic (exact) mass is 441 g/mol. The van der Waals surface area contributed by atoms with Crippen LogP contribution < -0.4 is 5.32 Å². The number of carbonyl (C=O) groups is 1. The maximum absolute atomic E-state index is 12.6. The Morgan fingerprint density at radius 1 is 1.17 bits per heavy atom. The number of hydrogen-bond donors (Lipinski definition) is 2. The van der Waals surface area contributed by atoms with Crippen LogP contribution in [0.4, 0.5) is 4.79 Å². The highest BCUT2D eigenvalue weighted by atomic mass is 28.4. The number of amides is 1. The lowest BCUT2D eigenvalue weighted by Gasteiger charge is -2.43. The Kier molecular flexibility index (Phi) is 9.22. The summed E-state index contributed by atoms with van der Waals surface area (Å²) in [6.07, 6.45) is 3.77. The highest BCUT2D eigenvalue weighted by Gasteiger charge is 2.45. The molecule has 2 N–H and O–H groups in total. The first-order chi connectivity index (χ1) is 13.5. The maximum atomic E-state index is 12.6. The molecule has 1 aliphatic carbocycles. The zero-order valence-corrected chi connectivity index (χ0v) is 22.3. The summed E-state index contributed by atoms with van der Waals surface area (Å²) in [5, 5.41) is 14.3. The summed E-state index contributed by atoms with van der Waals surface area (Å²) in [6, 6.07) is -0.456. The topological polar surface area (TPSA) is 67.8 Å². The van der Waals surface area contributed by atoms with Crippen LogP contribution in [0.3, 0.4) is 0 Å². The molecule has 5 nitrogen and oxygen atoms in total. The van der Waals surface area contributed by atoms with E-state index in [0.717, 1.165) is 24.8 Å². The second kappa shape index (κ2) is 10.2. The Labute approximate surface area is 186 Å². The minimum absolute atomic E-state index is 0.0629. The molecule has 1 aliphatic rings. The van der Waals surface area contributed by atoms with Crippen LogP contribution in [0.2, 0.25) is 18.1 Å². The van der Waals surface area contributed by atoms with Crippen molar-refractivity contribution >= 4 is 14.4 Å². The van der Waals surface area contributed by atoms with E-state index in [1.165, 1.54) is 0 Å². The number of alkyl carbamates (subject to hydrolysis) is 1. The summed E-state index contributed by atoms with van der Waals surface area (Å²) in [7, 11) is -2.03. The average molecular weight is 442 g/mol. The van der Waals surface area contributed by atoms with Gasteiger partial charge in [-0.15, -0.1) is 0 Å². The van der Waals surface area contributed by atoms with Crippen LogP contribution >= 0.6 is 0 Å². The Balaban J connectivity index is 3.26. The molecule has 0 aromatic heterocycles. The van der Waals surface area contributed by atoms with Gasteiger partial charge in [0.25, 0.3) is 0 Å². The lowest BCUT2D eigenvalue weighted by molar-refractivity contribution is 0.0232. The van der Waals surface area contributed by atoms with Crippen LogP contribution in [0.15, 0.2) is 11.6 Å². The Morgan fingerprint density at radius 3 is 2.20 bits per heavy atom. The van der Waals surface area contributed by atoms with E-state index < -0.39 is 32.2 Å². The van der Waals surface area contributed by atoms with Gasteiger partial charge in [-0.05, 0) is 63.2 Å². The molecule has 0 saturated carbocycles. The molecule has 0 aromatic carbocycles. The van der Waals surface area contributed by atoms with Gasteiger partial charge < -0.3 is 19.6 Å². The summed E-state index contributed by atoms with van der Waals surface area (Å²) < 4.78 is 12.4. The summed E-state index contributed by atoms with van der Waals surface area (Å²) in [5.41, 5.74) is 0.410. The highest BCUT2D eigenvalue weighted by molar-refractivity contribution is 6.74. The van der Waals surface area contributed by atoms with Gasteiger partial charge in [0, 0.05) is 5.92 Å². The van der Waals surface area contributed by atoms with Crippen molar-refractivity contribution in [1.82, 2.24) is 5.32 Å². The lowest BCUT2D eigenvalue weighted by atomic mass is 9.88. The second-order valence-corrected chi connectivity index (χ2v) is 16.3. The van der Waals surface area contributed by atoms with Crippen LogP contribution in [-0.2, 0) is 9.16 Å². The first-order valence-electron chi connectivity index (χ1n) is 11.6. The number of nitrogens with one attached hydrogen (secondary N) is 1. The van der Waals surface area contributed by atoms with E-state index in [0.29, 0.717) is 0 Å². The number of carbonyl (C=O) groups excluding carboxylic acids is 1. The molecule has 1 rings (SSSR count). The van der Waals surface area contributed by atoms with Crippen LogP contribution in [0.25, 0.3) is 0 Å². The molecule has 0 bridgehead atoms. The van der Waals surface area contributed by atoms with Crippen LogP contribution in [0.1, 0.15) is 81.6 Å². The summed E-state index contributed by atoms with van der Waals surface area (Å²) in [4.78, 5) is 12.6. The predicted molar refractivity (Wildman–Crippen MR) is 127 cm³/mol. The van der Waals surface area contributed by atoms with Crippen molar-refractivity contribution in [3.8, 4) is 0 Å². The number of rotatable bonds is 6. The van der Waals surface area contributed by atoms with Crippen LogP contribution in [0.5, 0.6) is 0 Å². The molecule has 0 saturated heterocycles. The average Bonchev–Trinajstić information content (AvgIpc) is 2.63. The van der Waals surface area contributed by atoms with E-state index in [-0.39, 0.29) is 23.0 Å². The molecular formula is C24H47NO4Si. The van der Waals surface area contributed by atoms with Gasteiger partial charge in [0.2, 0.25) is 0 Å². The van der Waals surface area contributed by atoms with Crippen LogP contribution in [-0.4, -0.2) is 43.4 Å². The van der Waals surface area contributed by atoms with Crippen molar-refractivity contribution in [1.29, 1.82) is 0 Å². The molecule has 1 amide bonds. The lowest BCUT2D eigenvalue weighted by Crippen LogP contribution is -2.54. The van der Waals surface area contributed by atoms with E-state index in [9.17, 15) is 9.90 Å². The molecule has 0 spiro atoms. The molecule has 5 atom stereocenters. The van der Waals surface area contributed by atoms with Crippen molar-refractivity contribution in [3.63, 3.8) is 0 Å². The summed E-state index contributed by atoms with van der Waals surface area (Å²) >= 11 is 0. The third kappa shape index (κ3) is 7.38. The van der Waals surface area contributed by atoms with E-state index in [1.54, 1.807) is 0 Å². The number of hydrogen-bond acceptors (Lipinski definition) is 4. The molecule has 0 unspecified atom stereocenters. The molecule has 0 heterocycles. The fourth-order valence-corrected chi connectivity index (χ4v) is 5.19. The summed E-state index contributed by atoms with van der Waals surface area (Å²) in [5.74, 6) is 0.0908. The number of aliphatic hydroxyl groups is 1. The smallest absolute Gasteiger partial charge is 0.407 e. The standard InChI is InChI=1S/C24H47NO4Si/c1-12-13-14-18-15-16(2)21(29-30(10,11)24(7,8)9)17(3)19(20(18)26)25-22(27)28-23(4,5)6/h15-17,19-21,26H,12-14H2,1-11H3,(H,25,27)/t16-,17+,19+,20-,21-/m0/s1. The molecule has 0 aromatic rings. The van der Waals surface area contributed by atoms with Crippen molar-refractivity contribution in [2.24, 2.45) is 11.8 Å². The van der Waals surface area contributed by atoms with Crippen molar-refractivity contribution in [3.05, 3.63) is 11.6 Å².